The highest BCUT2D eigenvalue weighted by atomic mass is 16.5. The van der Waals surface area contributed by atoms with Crippen molar-refractivity contribution in [3.8, 4) is 6.07 Å². The largest absolute Gasteiger partial charge is 0.482 e. The molecular weight excluding hydrogens is 212 g/mol. The van der Waals surface area contributed by atoms with E-state index in [1.807, 2.05) is 48.6 Å². The quantitative estimate of drug-likeness (QED) is 0.575. The first-order chi connectivity index (χ1) is 8.43. The molecule has 0 radical (unpaired) electrons. The van der Waals surface area contributed by atoms with E-state index in [0.717, 1.165) is 18.7 Å². The van der Waals surface area contributed by atoms with E-state index in [2.05, 4.69) is 9.73 Å². The molecule has 0 aliphatic carbocycles. The topological polar surface area (TPSA) is 45.4 Å². The molecule has 0 amide bonds. The van der Waals surface area contributed by atoms with Crippen LogP contribution in [-0.2, 0) is 4.74 Å². The van der Waals surface area contributed by atoms with Gasteiger partial charge >= 0.3 is 0 Å². The molecule has 0 saturated carbocycles. The van der Waals surface area contributed by atoms with Gasteiger partial charge in [0.1, 0.15) is 6.61 Å². The first kappa shape index (κ1) is 12.7. The highest BCUT2D eigenvalue weighted by Gasteiger charge is 1.84. The maximum absolute atomic E-state index is 8.19. The van der Waals surface area contributed by atoms with E-state index in [4.69, 9.17) is 5.26 Å². The van der Waals surface area contributed by atoms with Crippen LogP contribution in [0.2, 0.25) is 0 Å². The second-order valence-electron chi connectivity index (χ2n) is 3.14. The van der Waals surface area contributed by atoms with Gasteiger partial charge in [-0.25, -0.2) is 0 Å². The molecule has 17 heavy (non-hydrogen) atoms. The second-order valence-corrected chi connectivity index (χ2v) is 3.14. The Kier molecular flexibility index (Phi) is 6.68. The highest BCUT2D eigenvalue weighted by molar-refractivity contribution is 5.50. The van der Waals surface area contributed by atoms with Crippen molar-refractivity contribution in [3.63, 3.8) is 0 Å². The van der Waals surface area contributed by atoms with Crippen molar-refractivity contribution in [2.24, 2.45) is 4.99 Å². The van der Waals surface area contributed by atoms with Crippen molar-refractivity contribution in [2.45, 2.75) is 0 Å². The summed E-state index contributed by atoms with van der Waals surface area (Å²) in [6.45, 7) is 1.62. The molecule has 0 atom stereocenters. The van der Waals surface area contributed by atoms with Gasteiger partial charge in [-0.1, -0.05) is 48.6 Å². The number of nitrogens with zero attached hydrogens (tertiary/aromatic N) is 2. The molecule has 0 bridgehead atoms. The fraction of sp³-hybridized carbons (Fsp3) is 0.143. The highest BCUT2D eigenvalue weighted by Crippen LogP contribution is 2.00. The van der Waals surface area contributed by atoms with Gasteiger partial charge < -0.3 is 4.74 Å². The molecule has 86 valence electrons. The molecular formula is C14H14N2O. The number of nitriles is 1. The zero-order valence-electron chi connectivity index (χ0n) is 9.49. The van der Waals surface area contributed by atoms with Gasteiger partial charge in [0.05, 0.1) is 12.6 Å². The summed E-state index contributed by atoms with van der Waals surface area (Å²) in [6.07, 6.45) is 8.44. The average Bonchev–Trinajstić information content (AvgIpc) is 2.95. The first-order valence-electron chi connectivity index (χ1n) is 5.31. The summed E-state index contributed by atoms with van der Waals surface area (Å²) < 4.78 is 4.65. The van der Waals surface area contributed by atoms with Gasteiger partial charge in [0.25, 0.3) is 0 Å². The molecule has 1 heterocycles. The minimum Gasteiger partial charge on any atom is -0.482 e. The predicted molar refractivity (Wildman–Crippen MR) is 69.5 cm³/mol. The van der Waals surface area contributed by atoms with Gasteiger partial charge in [0.2, 0.25) is 0 Å². The Balaban J connectivity index is 0.000000239. The number of rotatable bonds is 2. The van der Waals surface area contributed by atoms with Crippen molar-refractivity contribution in [2.75, 3.05) is 13.2 Å². The van der Waals surface area contributed by atoms with E-state index in [-0.39, 0.29) is 0 Å². The summed E-state index contributed by atoms with van der Waals surface area (Å²) in [7, 11) is 0. The van der Waals surface area contributed by atoms with Crippen LogP contribution in [-0.4, -0.2) is 19.6 Å². The minimum atomic E-state index is 0.778. The molecule has 0 N–H and O–H groups in total. The van der Waals surface area contributed by atoms with E-state index < -0.39 is 0 Å². The van der Waals surface area contributed by atoms with Gasteiger partial charge in [-0.3, -0.25) is 4.99 Å². The molecule has 0 fully saturated rings. The Morgan fingerprint density at radius 3 is 2.59 bits per heavy atom. The molecule has 1 aliphatic rings. The van der Waals surface area contributed by atoms with Gasteiger partial charge in [-0.2, -0.15) is 5.26 Å². The van der Waals surface area contributed by atoms with Crippen molar-refractivity contribution in [1.29, 1.82) is 5.26 Å². The summed E-state index contributed by atoms with van der Waals surface area (Å²) in [6, 6.07) is 11.9. The molecule has 0 saturated heterocycles. The lowest BCUT2D eigenvalue weighted by Crippen LogP contribution is -1.80. The Hall–Kier alpha value is -2.34. The zero-order chi connectivity index (χ0) is 12.2. The number of ether oxygens (including phenoxy) is 1. The number of aliphatic imine (C=N–C) groups is 1. The molecule has 1 aliphatic heterocycles. The fourth-order valence-electron chi connectivity index (χ4n) is 1.09. The monoisotopic (exact) mass is 226 g/mol. The number of hydrogen-bond acceptors (Lipinski definition) is 3. The average molecular weight is 226 g/mol. The lowest BCUT2D eigenvalue weighted by molar-refractivity contribution is 0.361. The third kappa shape index (κ3) is 6.69. The van der Waals surface area contributed by atoms with Crippen LogP contribution in [0.4, 0.5) is 0 Å². The molecule has 0 spiro atoms. The van der Waals surface area contributed by atoms with Gasteiger partial charge in [0.15, 0.2) is 6.40 Å². The third-order valence-corrected chi connectivity index (χ3v) is 1.86. The molecule has 3 nitrogen and oxygen atoms in total. The Labute approximate surface area is 101 Å². The van der Waals surface area contributed by atoms with Crippen LogP contribution in [0.3, 0.4) is 0 Å². The number of allylic oxidation sites excluding steroid dienone is 3. The van der Waals surface area contributed by atoms with Crippen LogP contribution in [0.25, 0.3) is 6.08 Å². The van der Waals surface area contributed by atoms with Crippen molar-refractivity contribution < 1.29 is 4.74 Å². The van der Waals surface area contributed by atoms with Crippen LogP contribution in [0, 0.1) is 11.3 Å². The first-order valence-corrected chi connectivity index (χ1v) is 5.31. The third-order valence-electron chi connectivity index (χ3n) is 1.86. The predicted octanol–water partition coefficient (Wildman–Crippen LogP) is 2.82. The van der Waals surface area contributed by atoms with E-state index in [9.17, 15) is 0 Å². The van der Waals surface area contributed by atoms with E-state index in [0.29, 0.717) is 0 Å². The van der Waals surface area contributed by atoms with Crippen molar-refractivity contribution in [1.82, 2.24) is 0 Å². The fourth-order valence-corrected chi connectivity index (χ4v) is 1.09. The van der Waals surface area contributed by atoms with E-state index in [1.165, 1.54) is 12.5 Å². The zero-order valence-corrected chi connectivity index (χ0v) is 9.49. The normalized spacial score (nSPS) is 13.1. The smallest absolute Gasteiger partial charge is 0.169 e. The molecule has 1 aromatic rings. The van der Waals surface area contributed by atoms with Gasteiger partial charge in [-0.05, 0) is 5.56 Å². The summed E-state index contributed by atoms with van der Waals surface area (Å²) in [5.41, 5.74) is 1.14. The molecule has 0 unspecified atom stereocenters. The minimum absolute atomic E-state index is 0.778. The molecule has 0 aromatic heterocycles. The summed E-state index contributed by atoms with van der Waals surface area (Å²) in [5, 5.41) is 8.19. The lowest BCUT2D eigenvalue weighted by Gasteiger charge is -1.87. The number of hydrogen-bond donors (Lipinski definition) is 0. The summed E-state index contributed by atoms with van der Waals surface area (Å²) in [4.78, 5) is 3.74. The van der Waals surface area contributed by atoms with Crippen LogP contribution in [0.15, 0.2) is 53.6 Å². The molecule has 1 aromatic carbocycles. The Morgan fingerprint density at radius 2 is 2.06 bits per heavy atom. The van der Waals surface area contributed by atoms with Crippen LogP contribution < -0.4 is 0 Å². The Morgan fingerprint density at radius 1 is 1.24 bits per heavy atom. The van der Waals surface area contributed by atoms with Crippen LogP contribution >= 0.6 is 0 Å². The van der Waals surface area contributed by atoms with E-state index in [1.54, 1.807) is 6.08 Å². The molecule has 3 heteroatoms. The van der Waals surface area contributed by atoms with Crippen molar-refractivity contribution in [3.05, 3.63) is 54.1 Å². The standard InChI is InChI=1S/C11H9N.C3H5NO/c12-10-6-2-5-9-11-7-3-1-4-8-11;1-2-5-3-4-1/h1-9H;3H,1-2H2. The lowest BCUT2D eigenvalue weighted by atomic mass is 10.2. The maximum Gasteiger partial charge on any atom is 0.169 e. The second kappa shape index (κ2) is 8.93. The summed E-state index contributed by atoms with van der Waals surface area (Å²) >= 11 is 0. The van der Waals surface area contributed by atoms with Gasteiger partial charge in [0, 0.05) is 6.08 Å². The number of benzene rings is 1. The van der Waals surface area contributed by atoms with Gasteiger partial charge in [-0.15, -0.1) is 0 Å². The van der Waals surface area contributed by atoms with Crippen molar-refractivity contribution >= 4 is 12.5 Å². The Bertz CT molecular complexity index is 421. The molecule has 2 rings (SSSR count). The van der Waals surface area contributed by atoms with Crippen LogP contribution in [0.5, 0.6) is 0 Å². The maximum atomic E-state index is 8.19. The summed E-state index contributed by atoms with van der Waals surface area (Å²) in [5.74, 6) is 0. The SMILES string of the molecule is C1=NCCO1.N#CC=CC=Cc1ccccc1. The van der Waals surface area contributed by atoms with Crippen LogP contribution in [0.1, 0.15) is 5.56 Å². The van der Waals surface area contributed by atoms with E-state index >= 15 is 0 Å².